The fraction of sp³-hybridized carbons (Fsp3) is 0.542. The molecule has 0 unspecified atom stereocenters. The second-order valence-corrected chi connectivity index (χ2v) is 27.5. The van der Waals surface area contributed by atoms with Crippen LogP contribution in [0.2, 0.25) is 0 Å². The quantitative estimate of drug-likeness (QED) is 0.0288. The summed E-state index contributed by atoms with van der Waals surface area (Å²) in [5.41, 5.74) is 12.8. The molecule has 0 spiro atoms. The lowest BCUT2D eigenvalue weighted by Crippen LogP contribution is -2.62. The number of hydrogen-bond acceptors (Lipinski definition) is 19. The van der Waals surface area contributed by atoms with Gasteiger partial charge in [0.15, 0.2) is 0 Å². The Bertz CT molecular complexity index is 3410. The minimum atomic E-state index is -1.86. The van der Waals surface area contributed by atoms with Gasteiger partial charge in [0, 0.05) is 25.7 Å². The third-order valence-electron chi connectivity index (χ3n) is 16.9. The Balaban J connectivity index is 1.90. The SMILES string of the molecule is CC[C@H](C)[C@H](NC(=O)[C@@H](NC(=O)[C@H](CCC(=O)O)NC(=O)[C@H](Cc1ccccc1)NC(=O)[C@H](Cc1ccccc1)NC(=O)CNC(=O)[C@H](CCSC)NC(=O)[C@H](CC(=O)O)NC(=O)[C@H](CC(C)C)NC(=O)[C@@H](NC(=O)[C@H](Cc1ccccc1)NC(=O)CN)C(C)C)[C@@H](C)O)C(=O)N[C@@H](CCCCN)C(=O)O. The minimum Gasteiger partial charge on any atom is -0.481 e. The van der Waals surface area contributed by atoms with E-state index in [1.165, 1.54) is 11.8 Å². The number of carbonyl (C=O) groups is 15. The number of carboxylic acids is 3. The Kier molecular flexibility index (Phi) is 40.3. The van der Waals surface area contributed by atoms with Gasteiger partial charge in [0.2, 0.25) is 70.9 Å². The maximum Gasteiger partial charge on any atom is 0.326 e. The van der Waals surface area contributed by atoms with Gasteiger partial charge in [-0.15, -0.1) is 0 Å². The van der Waals surface area contributed by atoms with Crippen molar-refractivity contribution in [2.45, 2.75) is 198 Å². The van der Waals surface area contributed by atoms with E-state index in [1.54, 1.807) is 139 Å². The van der Waals surface area contributed by atoms with E-state index in [2.05, 4.69) is 63.8 Å². The molecule has 0 heterocycles. The highest BCUT2D eigenvalue weighted by molar-refractivity contribution is 7.98. The molecule has 20 N–H and O–H groups in total. The molecule has 0 saturated carbocycles. The molecule has 3 aromatic carbocycles. The molecule has 0 aromatic heterocycles. The molecule has 0 saturated heterocycles. The Morgan fingerprint density at radius 1 is 0.425 bits per heavy atom. The van der Waals surface area contributed by atoms with Crippen molar-refractivity contribution < 1.29 is 92.3 Å². The van der Waals surface area contributed by atoms with Crippen LogP contribution in [-0.2, 0) is 91.2 Å². The van der Waals surface area contributed by atoms with Crippen LogP contribution >= 0.6 is 11.8 Å². The maximum atomic E-state index is 14.7. The first kappa shape index (κ1) is 90.2. The van der Waals surface area contributed by atoms with Gasteiger partial charge in [-0.2, -0.15) is 11.8 Å². The van der Waals surface area contributed by atoms with E-state index >= 15 is 0 Å². The predicted octanol–water partition coefficient (Wildman–Crippen LogP) is -1.44. The average Bonchev–Trinajstić information content (AvgIpc) is 0.853. The highest BCUT2D eigenvalue weighted by Gasteiger charge is 2.39. The van der Waals surface area contributed by atoms with Crippen LogP contribution in [0.25, 0.3) is 0 Å². The van der Waals surface area contributed by atoms with Crippen LogP contribution in [0, 0.1) is 17.8 Å². The standard InChI is InChI=1S/C72H106N14O19S/c1-9-42(6)60(70(102)80-49(72(104)105)27-19-20-31-73)85-71(103)61(43(7)87)86-63(95)47(28-29-57(90)91)78-66(98)53(36-46-25-17-12-18-26-46)81-65(97)51(34-44-21-13-10-14-22-44)77-56(89)39-75-62(94)48(30-32-106-8)79-67(99)54(37-58(92)93)82-64(96)50(33-40(2)3)83-69(101)59(41(4)5)84-68(100)52(76-55(88)38-74)35-45-23-15-11-16-24-45/h10-18,21-26,40-43,47-54,59-61,87H,9,19-20,27-39,73-74H2,1-8H3,(H,75,94)(H,76,88)(H,77,89)(H,78,98)(H,79,99)(H,80,102)(H,81,97)(H,82,96)(H,83,101)(H,84,100)(H,85,103)(H,86,95)(H,90,91)(H,92,93)(H,104,105)/t42-,43+,47-,48-,49-,50-,51-,52-,53-,54-,59-,60-,61-/m0/s1. The number of aliphatic hydroxyl groups is 1. The third-order valence-corrected chi connectivity index (χ3v) is 17.6. The van der Waals surface area contributed by atoms with E-state index < -0.39 is 206 Å². The smallest absolute Gasteiger partial charge is 0.326 e. The second-order valence-electron chi connectivity index (χ2n) is 26.5. The molecule has 0 radical (unpaired) electrons. The minimum absolute atomic E-state index is 0.0279. The Hall–Kier alpha value is -10.1. The number of aliphatic carboxylic acids is 3. The van der Waals surface area contributed by atoms with Gasteiger partial charge in [-0.25, -0.2) is 4.79 Å². The maximum absolute atomic E-state index is 14.7. The Morgan fingerprint density at radius 3 is 1.28 bits per heavy atom. The summed E-state index contributed by atoms with van der Waals surface area (Å²) in [6.45, 7) is 10.2. The molecule has 584 valence electrons. The Morgan fingerprint density at radius 2 is 0.830 bits per heavy atom. The topological polar surface area (TPSA) is 533 Å². The van der Waals surface area contributed by atoms with Gasteiger partial charge in [-0.1, -0.05) is 139 Å². The average molecular weight is 1500 g/mol. The van der Waals surface area contributed by atoms with E-state index in [1.807, 2.05) is 0 Å². The van der Waals surface area contributed by atoms with E-state index in [0.717, 1.165) is 6.92 Å². The van der Waals surface area contributed by atoms with Crippen LogP contribution in [0.3, 0.4) is 0 Å². The number of hydrogen-bond donors (Lipinski definition) is 18. The number of carbonyl (C=O) groups excluding carboxylic acids is 12. The number of carboxylic acid groups (broad SMARTS) is 3. The van der Waals surface area contributed by atoms with Gasteiger partial charge < -0.3 is 95.7 Å². The summed E-state index contributed by atoms with van der Waals surface area (Å²) in [5, 5.41) is 70.6. The fourth-order valence-electron chi connectivity index (χ4n) is 10.8. The zero-order valence-corrected chi connectivity index (χ0v) is 61.9. The summed E-state index contributed by atoms with van der Waals surface area (Å²) < 4.78 is 0. The summed E-state index contributed by atoms with van der Waals surface area (Å²) in [5.74, 6) is -17.0. The molecule has 3 aromatic rings. The van der Waals surface area contributed by atoms with Gasteiger partial charge >= 0.3 is 17.9 Å². The second kappa shape index (κ2) is 47.4. The van der Waals surface area contributed by atoms with Crippen molar-refractivity contribution in [1.29, 1.82) is 0 Å². The van der Waals surface area contributed by atoms with Gasteiger partial charge in [0.1, 0.15) is 66.5 Å². The molecular weight excluding hydrogens is 1400 g/mol. The molecule has 33 nitrogen and oxygen atoms in total. The molecule has 3 rings (SSSR count). The van der Waals surface area contributed by atoms with Crippen molar-refractivity contribution in [3.63, 3.8) is 0 Å². The highest BCUT2D eigenvalue weighted by atomic mass is 32.2. The largest absolute Gasteiger partial charge is 0.481 e. The predicted molar refractivity (Wildman–Crippen MR) is 392 cm³/mol. The lowest BCUT2D eigenvalue weighted by Gasteiger charge is -2.30. The van der Waals surface area contributed by atoms with Crippen molar-refractivity contribution in [3.8, 4) is 0 Å². The number of nitrogens with one attached hydrogen (secondary N) is 12. The number of nitrogens with two attached hydrogens (primary N) is 2. The molecular formula is C72H106N14O19S. The molecule has 0 aliphatic rings. The van der Waals surface area contributed by atoms with Crippen LogP contribution in [0.1, 0.15) is 123 Å². The van der Waals surface area contributed by atoms with Crippen LogP contribution in [0.5, 0.6) is 0 Å². The number of unbranched alkanes of at least 4 members (excludes halogenated alkanes) is 1. The van der Waals surface area contributed by atoms with Crippen molar-refractivity contribution in [2.24, 2.45) is 29.2 Å². The molecule has 0 fully saturated rings. The summed E-state index contributed by atoms with van der Waals surface area (Å²) in [6, 6.07) is 8.52. The van der Waals surface area contributed by atoms with E-state index in [4.69, 9.17) is 11.5 Å². The van der Waals surface area contributed by atoms with Crippen LogP contribution in [-0.4, -0.2) is 213 Å². The van der Waals surface area contributed by atoms with Crippen LogP contribution in [0.15, 0.2) is 91.0 Å². The monoisotopic (exact) mass is 1500 g/mol. The van der Waals surface area contributed by atoms with Gasteiger partial charge in [-0.3, -0.25) is 67.1 Å². The first-order chi connectivity index (χ1) is 50.2. The normalized spacial score (nSPS) is 14.8. The summed E-state index contributed by atoms with van der Waals surface area (Å²) in [4.78, 5) is 204. The fourth-order valence-corrected chi connectivity index (χ4v) is 11.3. The number of amides is 12. The summed E-state index contributed by atoms with van der Waals surface area (Å²) in [7, 11) is 0. The lowest BCUT2D eigenvalue weighted by atomic mass is 9.96. The van der Waals surface area contributed by atoms with Crippen molar-refractivity contribution in [3.05, 3.63) is 108 Å². The summed E-state index contributed by atoms with van der Waals surface area (Å²) >= 11 is 1.26. The van der Waals surface area contributed by atoms with E-state index in [9.17, 15) is 92.3 Å². The molecule has 0 aliphatic heterocycles. The van der Waals surface area contributed by atoms with Crippen molar-refractivity contribution in [2.75, 3.05) is 31.6 Å². The third kappa shape index (κ3) is 32.9. The van der Waals surface area contributed by atoms with E-state index in [0.29, 0.717) is 36.0 Å². The van der Waals surface area contributed by atoms with Gasteiger partial charge in [0.25, 0.3) is 0 Å². The summed E-state index contributed by atoms with van der Waals surface area (Å²) in [6.07, 6.45) is -1.76. The molecule has 0 bridgehead atoms. The van der Waals surface area contributed by atoms with Crippen molar-refractivity contribution in [1.82, 2.24) is 63.8 Å². The van der Waals surface area contributed by atoms with Gasteiger partial charge in [-0.05, 0) is 98.4 Å². The molecule has 106 heavy (non-hydrogen) atoms. The van der Waals surface area contributed by atoms with E-state index in [-0.39, 0.29) is 56.7 Å². The highest BCUT2D eigenvalue weighted by Crippen LogP contribution is 2.16. The number of benzene rings is 3. The lowest BCUT2D eigenvalue weighted by molar-refractivity contribution is -0.143. The number of aliphatic hydroxyl groups excluding tert-OH is 1. The van der Waals surface area contributed by atoms with Crippen molar-refractivity contribution >= 4 is 101 Å². The first-order valence-corrected chi connectivity index (χ1v) is 36.6. The Labute approximate surface area is 620 Å². The van der Waals surface area contributed by atoms with Gasteiger partial charge in [0.05, 0.1) is 25.6 Å². The number of thioether (sulfide) groups is 1. The van der Waals surface area contributed by atoms with Crippen LogP contribution < -0.4 is 75.3 Å². The molecule has 13 atom stereocenters. The zero-order valence-electron chi connectivity index (χ0n) is 61.1. The first-order valence-electron chi connectivity index (χ1n) is 35.2. The number of rotatable bonds is 49. The van der Waals surface area contributed by atoms with Crippen LogP contribution in [0.4, 0.5) is 0 Å². The molecule has 0 aliphatic carbocycles. The molecule has 12 amide bonds. The molecule has 34 heteroatoms. The zero-order chi connectivity index (χ0) is 79.2.